The molecule has 4 rings (SSSR count). The molecule has 0 radical (unpaired) electrons. The molecule has 2 heterocycles. The van der Waals surface area contributed by atoms with Crippen molar-refractivity contribution in [3.63, 3.8) is 0 Å². The number of pyridine rings is 1. The van der Waals surface area contributed by atoms with Gasteiger partial charge in [-0.1, -0.05) is 42.5 Å². The molecule has 2 aromatic heterocycles. The van der Waals surface area contributed by atoms with Crippen LogP contribution in [-0.2, 0) is 0 Å². The molecule has 0 bridgehead atoms. The minimum atomic E-state index is 0.0655. The molecule has 0 aliphatic carbocycles. The van der Waals surface area contributed by atoms with Gasteiger partial charge in [0.05, 0.1) is 23.8 Å². The normalized spacial score (nSPS) is 12.0. The smallest absolute Gasteiger partial charge is 0.115 e. The number of hydrogen-bond acceptors (Lipinski definition) is 3. The number of benzene rings is 2. The Morgan fingerprint density at radius 2 is 1.62 bits per heavy atom. The summed E-state index contributed by atoms with van der Waals surface area (Å²) in [4.78, 5) is 9.00. The number of phenolic OH excluding ortho intramolecular Hbond substituents is 1. The first-order valence-electron chi connectivity index (χ1n) is 8.55. The van der Waals surface area contributed by atoms with Gasteiger partial charge in [-0.3, -0.25) is 4.98 Å². The molecule has 0 unspecified atom stereocenters. The number of phenols is 1. The molecule has 0 aliphatic rings. The molecule has 26 heavy (non-hydrogen) atoms. The van der Waals surface area contributed by atoms with Crippen molar-refractivity contribution < 1.29 is 5.11 Å². The van der Waals surface area contributed by atoms with E-state index < -0.39 is 0 Å². The zero-order chi connectivity index (χ0) is 17.9. The van der Waals surface area contributed by atoms with Crippen LogP contribution in [0, 0.1) is 0 Å². The maximum atomic E-state index is 9.57. The molecule has 4 heteroatoms. The summed E-state index contributed by atoms with van der Waals surface area (Å²) in [6.07, 6.45) is 5.52. The quantitative estimate of drug-likeness (QED) is 0.573. The minimum Gasteiger partial charge on any atom is -0.508 e. The predicted molar refractivity (Wildman–Crippen MR) is 103 cm³/mol. The van der Waals surface area contributed by atoms with Crippen LogP contribution >= 0.6 is 0 Å². The van der Waals surface area contributed by atoms with Crippen LogP contribution < -0.4 is 0 Å². The SMILES string of the molecule is C[C@@H](c1ccc(O)cc1)n1cnc(-c2ccccc2)c1-c1cccnc1. The van der Waals surface area contributed by atoms with Gasteiger partial charge in [0.2, 0.25) is 0 Å². The van der Waals surface area contributed by atoms with E-state index in [0.717, 1.165) is 28.1 Å². The van der Waals surface area contributed by atoms with Crippen molar-refractivity contribution in [3.8, 4) is 28.3 Å². The Morgan fingerprint density at radius 1 is 0.885 bits per heavy atom. The van der Waals surface area contributed by atoms with E-state index in [1.807, 2.05) is 48.9 Å². The second-order valence-corrected chi connectivity index (χ2v) is 6.22. The van der Waals surface area contributed by atoms with Gasteiger partial charge in [-0.15, -0.1) is 0 Å². The third kappa shape index (κ3) is 2.97. The molecule has 4 aromatic rings. The summed E-state index contributed by atoms with van der Waals surface area (Å²) in [7, 11) is 0. The minimum absolute atomic E-state index is 0.0655. The van der Waals surface area contributed by atoms with Crippen LogP contribution in [0.25, 0.3) is 22.5 Å². The number of aromatic nitrogens is 3. The second kappa shape index (κ2) is 6.84. The summed E-state index contributed by atoms with van der Waals surface area (Å²) in [5.41, 5.74) is 5.16. The highest BCUT2D eigenvalue weighted by Crippen LogP contribution is 2.34. The first-order chi connectivity index (χ1) is 12.7. The van der Waals surface area contributed by atoms with Crippen LogP contribution in [0.1, 0.15) is 18.5 Å². The third-order valence-corrected chi connectivity index (χ3v) is 4.57. The Morgan fingerprint density at radius 3 is 2.31 bits per heavy atom. The molecule has 2 aromatic carbocycles. The Balaban J connectivity index is 1.87. The first-order valence-corrected chi connectivity index (χ1v) is 8.55. The largest absolute Gasteiger partial charge is 0.508 e. The van der Waals surface area contributed by atoms with Gasteiger partial charge in [0, 0.05) is 23.5 Å². The summed E-state index contributed by atoms with van der Waals surface area (Å²) in [6.45, 7) is 2.13. The monoisotopic (exact) mass is 341 g/mol. The van der Waals surface area contributed by atoms with Gasteiger partial charge in [0.1, 0.15) is 5.75 Å². The van der Waals surface area contributed by atoms with E-state index >= 15 is 0 Å². The number of rotatable bonds is 4. The Kier molecular flexibility index (Phi) is 4.23. The average molecular weight is 341 g/mol. The van der Waals surface area contributed by atoms with E-state index in [-0.39, 0.29) is 11.8 Å². The Hall–Kier alpha value is -3.40. The summed E-state index contributed by atoms with van der Waals surface area (Å²) < 4.78 is 2.16. The van der Waals surface area contributed by atoms with E-state index in [0.29, 0.717) is 0 Å². The van der Waals surface area contributed by atoms with Crippen molar-refractivity contribution >= 4 is 0 Å². The number of aromatic hydroxyl groups is 1. The highest BCUT2D eigenvalue weighted by molar-refractivity contribution is 5.78. The zero-order valence-electron chi connectivity index (χ0n) is 14.4. The van der Waals surface area contributed by atoms with Crippen LogP contribution in [0.2, 0.25) is 0 Å². The van der Waals surface area contributed by atoms with Crippen molar-refractivity contribution in [1.82, 2.24) is 14.5 Å². The number of imidazole rings is 1. The summed E-state index contributed by atoms with van der Waals surface area (Å²) >= 11 is 0. The van der Waals surface area contributed by atoms with E-state index in [2.05, 4.69) is 34.7 Å². The van der Waals surface area contributed by atoms with Crippen LogP contribution in [0.5, 0.6) is 5.75 Å². The molecule has 0 spiro atoms. The summed E-state index contributed by atoms with van der Waals surface area (Å²) in [5, 5.41) is 9.57. The average Bonchev–Trinajstić information content (AvgIpc) is 3.14. The highest BCUT2D eigenvalue weighted by atomic mass is 16.3. The molecule has 1 atom stereocenters. The number of nitrogens with zero attached hydrogens (tertiary/aromatic N) is 3. The number of hydrogen-bond donors (Lipinski definition) is 1. The lowest BCUT2D eigenvalue weighted by molar-refractivity contribution is 0.474. The van der Waals surface area contributed by atoms with Gasteiger partial charge in [-0.05, 0) is 36.8 Å². The molecular weight excluding hydrogens is 322 g/mol. The van der Waals surface area contributed by atoms with Gasteiger partial charge in [-0.2, -0.15) is 0 Å². The van der Waals surface area contributed by atoms with Gasteiger partial charge in [0.15, 0.2) is 0 Å². The van der Waals surface area contributed by atoms with Gasteiger partial charge in [-0.25, -0.2) is 4.98 Å². The second-order valence-electron chi connectivity index (χ2n) is 6.22. The van der Waals surface area contributed by atoms with Gasteiger partial charge in [0.25, 0.3) is 0 Å². The molecule has 0 amide bonds. The molecule has 1 N–H and O–H groups in total. The van der Waals surface area contributed by atoms with E-state index in [9.17, 15) is 5.11 Å². The first kappa shape index (κ1) is 16.1. The molecule has 128 valence electrons. The van der Waals surface area contributed by atoms with Crippen LogP contribution in [0.15, 0.2) is 85.5 Å². The van der Waals surface area contributed by atoms with Gasteiger partial charge >= 0.3 is 0 Å². The fourth-order valence-corrected chi connectivity index (χ4v) is 3.16. The molecule has 0 saturated carbocycles. The lowest BCUT2D eigenvalue weighted by Crippen LogP contribution is -2.07. The summed E-state index contributed by atoms with van der Waals surface area (Å²) in [6, 6.07) is 21.5. The maximum Gasteiger partial charge on any atom is 0.115 e. The lowest BCUT2D eigenvalue weighted by Gasteiger charge is -2.18. The Bertz CT molecular complexity index is 993. The Labute approximate surface area is 152 Å². The zero-order valence-corrected chi connectivity index (χ0v) is 14.4. The van der Waals surface area contributed by atoms with Crippen LogP contribution in [0.3, 0.4) is 0 Å². The lowest BCUT2D eigenvalue weighted by atomic mass is 10.0. The van der Waals surface area contributed by atoms with Crippen molar-refractivity contribution in [2.24, 2.45) is 0 Å². The molecule has 0 fully saturated rings. The van der Waals surface area contributed by atoms with Crippen molar-refractivity contribution in [2.45, 2.75) is 13.0 Å². The van der Waals surface area contributed by atoms with E-state index in [1.165, 1.54) is 0 Å². The highest BCUT2D eigenvalue weighted by Gasteiger charge is 2.19. The third-order valence-electron chi connectivity index (χ3n) is 4.57. The van der Waals surface area contributed by atoms with Crippen molar-refractivity contribution in [3.05, 3.63) is 91.0 Å². The molecule has 0 aliphatic heterocycles. The van der Waals surface area contributed by atoms with E-state index in [4.69, 9.17) is 4.98 Å². The predicted octanol–water partition coefficient (Wildman–Crippen LogP) is 4.93. The van der Waals surface area contributed by atoms with Crippen LogP contribution in [-0.4, -0.2) is 19.6 Å². The fourth-order valence-electron chi connectivity index (χ4n) is 3.16. The molecular formula is C22H19N3O. The standard InChI is InChI=1S/C22H19N3O/c1-16(17-9-11-20(26)12-10-17)25-15-24-21(18-6-3-2-4-7-18)22(25)19-8-5-13-23-14-19/h2-16,26H,1H3/t16-/m0/s1. The van der Waals surface area contributed by atoms with Crippen LogP contribution in [0.4, 0.5) is 0 Å². The maximum absolute atomic E-state index is 9.57. The fraction of sp³-hybridized carbons (Fsp3) is 0.0909. The summed E-state index contributed by atoms with van der Waals surface area (Å²) in [5.74, 6) is 0.268. The van der Waals surface area contributed by atoms with Crippen molar-refractivity contribution in [1.29, 1.82) is 0 Å². The molecule has 4 nitrogen and oxygen atoms in total. The van der Waals surface area contributed by atoms with Gasteiger partial charge < -0.3 is 9.67 Å². The molecule has 0 saturated heterocycles. The topological polar surface area (TPSA) is 50.9 Å². The van der Waals surface area contributed by atoms with E-state index in [1.54, 1.807) is 18.3 Å². The van der Waals surface area contributed by atoms with Crippen molar-refractivity contribution in [2.75, 3.05) is 0 Å².